The number of hydrogen-bond acceptors (Lipinski definition) is 8. The van der Waals surface area contributed by atoms with Crippen molar-refractivity contribution in [3.63, 3.8) is 0 Å². The molecule has 7 aliphatic rings. The van der Waals surface area contributed by atoms with E-state index in [0.717, 1.165) is 45.1 Å². The number of nitrogens with zero attached hydrogens (tertiary/aromatic N) is 2. The van der Waals surface area contributed by atoms with Crippen molar-refractivity contribution in [3.05, 3.63) is 22.9 Å². The number of carbonyl (C=O) groups is 2. The minimum atomic E-state index is -0.764. The first kappa shape index (κ1) is 22.9. The highest BCUT2D eigenvalue weighted by molar-refractivity contribution is 5.93. The Morgan fingerprint density at radius 2 is 2.03 bits per heavy atom. The first-order valence-electron chi connectivity index (χ1n) is 13.7. The summed E-state index contributed by atoms with van der Waals surface area (Å²) < 4.78 is 30.5. The van der Waals surface area contributed by atoms with Crippen molar-refractivity contribution < 1.29 is 33.3 Å². The Kier molecular flexibility index (Phi) is 4.85. The Labute approximate surface area is 211 Å². The van der Waals surface area contributed by atoms with Crippen LogP contribution in [0, 0.1) is 17.8 Å². The maximum absolute atomic E-state index is 13.2. The number of cyclic esters (lactones) is 1. The molecule has 1 aliphatic carbocycles. The molecule has 9 heteroatoms. The molecule has 0 radical (unpaired) electrons. The van der Waals surface area contributed by atoms with Crippen molar-refractivity contribution in [2.24, 2.45) is 17.8 Å². The van der Waals surface area contributed by atoms with Crippen molar-refractivity contribution in [2.45, 2.75) is 88.8 Å². The number of methoxy groups -OCH3 is 1. The average molecular weight is 501 g/mol. The second kappa shape index (κ2) is 7.63. The van der Waals surface area contributed by atoms with Crippen LogP contribution in [0.1, 0.15) is 59.3 Å². The van der Waals surface area contributed by atoms with E-state index in [4.69, 9.17) is 23.7 Å². The van der Waals surface area contributed by atoms with Crippen LogP contribution < -0.4 is 0 Å². The van der Waals surface area contributed by atoms with Crippen LogP contribution in [0.5, 0.6) is 0 Å². The summed E-state index contributed by atoms with van der Waals surface area (Å²) in [4.78, 5) is 30.2. The van der Waals surface area contributed by atoms with Crippen LogP contribution in [0.15, 0.2) is 22.9 Å². The number of rotatable bonds is 5. The number of piperidine rings is 1. The summed E-state index contributed by atoms with van der Waals surface area (Å²) in [5.74, 6) is 0.648. The third kappa shape index (κ3) is 2.58. The summed E-state index contributed by atoms with van der Waals surface area (Å²) in [7, 11) is 1.56. The van der Waals surface area contributed by atoms with E-state index in [1.165, 1.54) is 0 Å². The number of hydrogen-bond donors (Lipinski definition) is 0. The number of allylic oxidation sites excluding steroid dienone is 1. The zero-order valence-corrected chi connectivity index (χ0v) is 21.6. The van der Waals surface area contributed by atoms with Gasteiger partial charge in [0, 0.05) is 30.5 Å². The van der Waals surface area contributed by atoms with Crippen LogP contribution in [-0.2, 0) is 28.5 Å². The molecule has 1 spiro atoms. The fourth-order valence-corrected chi connectivity index (χ4v) is 9.04. The zero-order chi connectivity index (χ0) is 25.0. The normalized spacial score (nSPS) is 45.9. The quantitative estimate of drug-likeness (QED) is 0.532. The van der Waals surface area contributed by atoms with E-state index >= 15 is 0 Å². The van der Waals surface area contributed by atoms with E-state index in [-0.39, 0.29) is 41.5 Å². The molecule has 6 fully saturated rings. The minimum absolute atomic E-state index is 0.00596. The first-order valence-corrected chi connectivity index (χ1v) is 13.7. The Hall–Kier alpha value is -2.26. The second-order valence-electron chi connectivity index (χ2n) is 11.6. The minimum Gasteiger partial charge on any atom is -0.492 e. The molecule has 0 aromatic heterocycles. The summed E-state index contributed by atoms with van der Waals surface area (Å²) in [6.45, 7) is 7.74. The number of fused-ring (bicyclic) bond motifs is 1. The molecule has 8 atom stereocenters. The smallest absolute Gasteiger partial charge is 0.410 e. The molecule has 9 nitrogen and oxygen atoms in total. The molecule has 0 aromatic carbocycles. The lowest BCUT2D eigenvalue weighted by molar-refractivity contribution is -0.256. The fraction of sp³-hybridized carbons (Fsp3) is 0.778. The molecular weight excluding hydrogens is 464 g/mol. The predicted molar refractivity (Wildman–Crippen MR) is 126 cm³/mol. The SMILES string of the molecule is CCOC(=O)N(C[C@@]12[C@@H]3C[C@H]4[C@H]5[C@H](C)/C(=C6/OC(=O)C(C)=C6OC)O[C@]5(O3)[C@H]1CCN42)C1CCCC1. The monoisotopic (exact) mass is 500 g/mol. The Bertz CT molecular complexity index is 1080. The molecule has 0 aromatic rings. The lowest BCUT2D eigenvalue weighted by Crippen LogP contribution is -2.65. The third-order valence-electron chi connectivity index (χ3n) is 10.3. The molecule has 1 saturated carbocycles. The lowest BCUT2D eigenvalue weighted by Gasteiger charge is -2.49. The Morgan fingerprint density at radius 1 is 1.25 bits per heavy atom. The number of esters is 1. The van der Waals surface area contributed by atoms with Crippen LogP contribution in [0.4, 0.5) is 4.79 Å². The predicted octanol–water partition coefficient (Wildman–Crippen LogP) is 3.30. The van der Waals surface area contributed by atoms with Crippen molar-refractivity contribution in [2.75, 3.05) is 26.8 Å². The van der Waals surface area contributed by atoms with Crippen molar-refractivity contribution in [3.8, 4) is 0 Å². The summed E-state index contributed by atoms with van der Waals surface area (Å²) in [6.07, 6.45) is 6.07. The van der Waals surface area contributed by atoms with Gasteiger partial charge in [-0.1, -0.05) is 19.8 Å². The average Bonchev–Trinajstić information content (AvgIpc) is 3.66. The molecule has 7 rings (SSSR count). The summed E-state index contributed by atoms with van der Waals surface area (Å²) in [5.41, 5.74) is 0.194. The van der Waals surface area contributed by atoms with Crippen LogP contribution in [0.3, 0.4) is 0 Å². The van der Waals surface area contributed by atoms with Gasteiger partial charge in [0.1, 0.15) is 5.76 Å². The summed E-state index contributed by atoms with van der Waals surface area (Å²) in [5, 5.41) is 0. The standard InChI is InChI=1S/C27H36N2O7/c1-5-33-25(31)28(16-8-6-7-9-16)13-26-18-10-11-29(26)17-12-19(26)35-27(18)20(17)14(2)22(36-27)23-21(32-4)15(3)24(30)34-23/h14,16-20H,5-13H2,1-4H3/b23-22-/t14-,17-,18-,19-,20+,26-,27+/m0/s1. The molecule has 196 valence electrons. The molecule has 1 amide bonds. The molecule has 0 N–H and O–H groups in total. The zero-order valence-electron chi connectivity index (χ0n) is 21.6. The van der Waals surface area contributed by atoms with E-state index < -0.39 is 11.8 Å². The first-order chi connectivity index (χ1) is 17.4. The highest BCUT2D eigenvalue weighted by Gasteiger charge is 2.84. The maximum Gasteiger partial charge on any atom is 0.410 e. The van der Waals surface area contributed by atoms with E-state index in [2.05, 4.69) is 11.8 Å². The van der Waals surface area contributed by atoms with Gasteiger partial charge in [0.15, 0.2) is 5.76 Å². The van der Waals surface area contributed by atoms with Gasteiger partial charge in [0.2, 0.25) is 11.5 Å². The van der Waals surface area contributed by atoms with Gasteiger partial charge in [-0.15, -0.1) is 0 Å². The van der Waals surface area contributed by atoms with Crippen molar-refractivity contribution >= 4 is 12.1 Å². The Balaban J connectivity index is 1.28. The molecule has 6 heterocycles. The van der Waals surface area contributed by atoms with E-state index in [9.17, 15) is 9.59 Å². The molecular formula is C27H36N2O7. The highest BCUT2D eigenvalue weighted by Crippen LogP contribution is 2.72. The van der Waals surface area contributed by atoms with E-state index in [1.54, 1.807) is 14.0 Å². The fourth-order valence-electron chi connectivity index (χ4n) is 9.04. The number of carbonyl (C=O) groups excluding carboxylic acids is 2. The third-order valence-corrected chi connectivity index (χ3v) is 10.3. The summed E-state index contributed by atoms with van der Waals surface area (Å²) >= 11 is 0. The second-order valence-corrected chi connectivity index (χ2v) is 11.6. The van der Waals surface area contributed by atoms with Gasteiger partial charge in [-0.25, -0.2) is 9.59 Å². The van der Waals surface area contributed by atoms with Crippen LogP contribution in [0.25, 0.3) is 0 Å². The van der Waals surface area contributed by atoms with Gasteiger partial charge >= 0.3 is 12.1 Å². The van der Waals surface area contributed by atoms with E-state index in [1.807, 2.05) is 11.8 Å². The largest absolute Gasteiger partial charge is 0.492 e. The number of ether oxygens (including phenoxy) is 5. The van der Waals surface area contributed by atoms with Gasteiger partial charge in [-0.3, -0.25) is 4.90 Å². The van der Waals surface area contributed by atoms with Crippen LogP contribution in [0.2, 0.25) is 0 Å². The highest BCUT2D eigenvalue weighted by atomic mass is 16.7. The molecule has 36 heavy (non-hydrogen) atoms. The van der Waals surface area contributed by atoms with Crippen LogP contribution >= 0.6 is 0 Å². The molecule has 1 unspecified atom stereocenters. The molecule has 5 saturated heterocycles. The molecule has 6 aliphatic heterocycles. The van der Waals surface area contributed by atoms with E-state index in [0.29, 0.717) is 42.0 Å². The lowest BCUT2D eigenvalue weighted by atomic mass is 9.70. The van der Waals surface area contributed by atoms with Gasteiger partial charge in [-0.2, -0.15) is 0 Å². The summed E-state index contributed by atoms with van der Waals surface area (Å²) in [6, 6.07) is 0.526. The topological polar surface area (TPSA) is 86.8 Å². The van der Waals surface area contributed by atoms with Gasteiger partial charge in [0.25, 0.3) is 0 Å². The van der Waals surface area contributed by atoms with Gasteiger partial charge < -0.3 is 28.6 Å². The van der Waals surface area contributed by atoms with Crippen molar-refractivity contribution in [1.82, 2.24) is 9.80 Å². The van der Waals surface area contributed by atoms with Gasteiger partial charge in [0.05, 0.1) is 36.9 Å². The Morgan fingerprint density at radius 3 is 2.75 bits per heavy atom. The van der Waals surface area contributed by atoms with Crippen molar-refractivity contribution in [1.29, 1.82) is 0 Å². The van der Waals surface area contributed by atoms with Gasteiger partial charge in [-0.05, 0) is 46.1 Å². The molecule has 5 bridgehead atoms. The van der Waals surface area contributed by atoms with Crippen LogP contribution in [-0.4, -0.2) is 78.2 Å². The maximum atomic E-state index is 13.2. The number of amides is 1.